The monoisotopic (exact) mass is 702 g/mol. The number of carboxylic acid groups (broad SMARTS) is 1. The van der Waals surface area contributed by atoms with Crippen LogP contribution in [-0.2, 0) is 32.0 Å². The van der Waals surface area contributed by atoms with Crippen molar-refractivity contribution in [2.24, 2.45) is 0 Å². The number of para-hydroxylation sites is 2. The lowest BCUT2D eigenvalue weighted by Gasteiger charge is -2.10. The third-order valence-corrected chi connectivity index (χ3v) is 7.32. The zero-order valence-electron chi connectivity index (χ0n) is 25.4. The minimum atomic E-state index is -1.17. The first-order chi connectivity index (χ1) is 22.9. The average Bonchev–Trinajstić information content (AvgIpc) is 3.35. The second kappa shape index (κ2) is 17.5. The van der Waals surface area contributed by atoms with Gasteiger partial charge in [-0.15, -0.1) is 0 Å². The summed E-state index contributed by atoms with van der Waals surface area (Å²) in [6.45, 7) is 1.10. The number of hydrogen-bond donors (Lipinski definition) is 3. The van der Waals surface area contributed by atoms with Gasteiger partial charge in [0, 0.05) is 35.2 Å². The molecule has 6 rings (SSSR count). The second-order valence-electron chi connectivity index (χ2n) is 10.4. The number of aromatic nitrogens is 1. The fraction of sp³-hybridized carbons (Fsp3) is 0.135. The zero-order valence-corrected chi connectivity index (χ0v) is 26.9. The molecule has 0 fully saturated rings. The van der Waals surface area contributed by atoms with Gasteiger partial charge in [-0.3, -0.25) is 19.2 Å². The molecule has 3 N–H and O–H groups in total. The average molecular weight is 704 g/mol. The van der Waals surface area contributed by atoms with Gasteiger partial charge in [-0.1, -0.05) is 85.2 Å². The van der Waals surface area contributed by atoms with Gasteiger partial charge in [0.25, 0.3) is 11.7 Å². The number of halogens is 2. The summed E-state index contributed by atoms with van der Waals surface area (Å²) in [4.78, 5) is 59.4. The van der Waals surface area contributed by atoms with E-state index in [9.17, 15) is 34.2 Å². The molecule has 49 heavy (non-hydrogen) atoms. The lowest BCUT2D eigenvalue weighted by molar-refractivity contribution is -0.145. The molecule has 1 amide bonds. The topological polar surface area (TPSA) is 160 Å². The van der Waals surface area contributed by atoms with Gasteiger partial charge < -0.3 is 20.3 Å². The van der Waals surface area contributed by atoms with E-state index < -0.39 is 23.6 Å². The van der Waals surface area contributed by atoms with Crippen LogP contribution in [0.1, 0.15) is 51.9 Å². The molecular weight excluding hydrogens is 671 g/mol. The summed E-state index contributed by atoms with van der Waals surface area (Å²) < 4.78 is 4.59. The number of carbonyl (C=O) groups excluding carboxylic acids is 4. The minimum absolute atomic E-state index is 0. The van der Waals surface area contributed by atoms with Crippen LogP contribution in [0.25, 0.3) is 10.9 Å². The first kappa shape index (κ1) is 37.9. The van der Waals surface area contributed by atoms with E-state index >= 15 is 0 Å². The molecule has 0 bridgehead atoms. The quantitative estimate of drug-likeness (QED) is 0.116. The van der Waals surface area contributed by atoms with Gasteiger partial charge in [0.15, 0.2) is 11.5 Å². The Morgan fingerprint density at radius 3 is 1.98 bits per heavy atom. The number of nitrogens with zero attached hydrogens (tertiary/aromatic N) is 1. The number of rotatable bonds is 7. The van der Waals surface area contributed by atoms with Crippen LogP contribution < -0.4 is 5.32 Å². The summed E-state index contributed by atoms with van der Waals surface area (Å²) in [6, 6.07) is 27.8. The number of benzene rings is 4. The normalized spacial score (nSPS) is 11.1. The standard InChI is InChI=1S/C17H12ClNO3.C11H11ClO3.C8H5NO2.CH4/c18-11-7-5-10(6-8-11)9-14-16(20)15(17(21)22)12-3-1-2-4-13(12)19-14;1-8(13)15-7-11(14)6-9-2-4-10(12)5-3-9;10-7-5-3-1-2-4-6(5)9-8(7)11;/h1-8,20H,9H2,(H,21,22);2-5H,6-7H2,1H3;1-4H,(H,9,10,11);1H4. The molecule has 252 valence electrons. The molecule has 0 spiro atoms. The van der Waals surface area contributed by atoms with Crippen LogP contribution in [0.5, 0.6) is 5.75 Å². The molecule has 1 aliphatic rings. The maximum atomic E-state index is 11.5. The highest BCUT2D eigenvalue weighted by molar-refractivity contribution is 6.51. The summed E-state index contributed by atoms with van der Waals surface area (Å²) in [7, 11) is 0. The number of Topliss-reactive ketones (excluding diaryl/α,β-unsaturated/α-hetero) is 2. The van der Waals surface area contributed by atoms with E-state index in [2.05, 4.69) is 15.0 Å². The molecular formula is C37H32Cl2N2O8. The third-order valence-electron chi connectivity index (χ3n) is 6.81. The van der Waals surface area contributed by atoms with Crippen molar-refractivity contribution in [2.75, 3.05) is 11.9 Å². The van der Waals surface area contributed by atoms with Crippen LogP contribution >= 0.6 is 23.2 Å². The van der Waals surface area contributed by atoms with Gasteiger partial charge >= 0.3 is 11.9 Å². The predicted molar refractivity (Wildman–Crippen MR) is 188 cm³/mol. The zero-order chi connectivity index (χ0) is 34.8. The van der Waals surface area contributed by atoms with E-state index in [1.54, 1.807) is 84.9 Å². The van der Waals surface area contributed by atoms with Crippen LogP contribution in [0.2, 0.25) is 10.0 Å². The Bertz CT molecular complexity index is 2000. The number of carboxylic acids is 1. The summed E-state index contributed by atoms with van der Waals surface area (Å²) >= 11 is 11.5. The van der Waals surface area contributed by atoms with Crippen LogP contribution in [0.4, 0.5) is 5.69 Å². The lowest BCUT2D eigenvalue weighted by Crippen LogP contribution is -2.13. The molecule has 5 aromatic rings. The number of pyridine rings is 1. The fourth-order valence-corrected chi connectivity index (χ4v) is 4.79. The molecule has 0 atom stereocenters. The molecule has 0 saturated heterocycles. The Balaban J connectivity index is 0.000000210. The number of carbonyl (C=O) groups is 5. The molecule has 0 radical (unpaired) electrons. The Hall–Kier alpha value is -5.58. The number of ketones is 2. The number of ether oxygens (including phenoxy) is 1. The van der Waals surface area contributed by atoms with Gasteiger partial charge in [-0.2, -0.15) is 0 Å². The van der Waals surface area contributed by atoms with E-state index in [4.69, 9.17) is 23.2 Å². The summed E-state index contributed by atoms with van der Waals surface area (Å²) in [6.07, 6.45) is 0.582. The first-order valence-electron chi connectivity index (χ1n) is 14.4. The number of hydrogen-bond acceptors (Lipinski definition) is 8. The summed E-state index contributed by atoms with van der Waals surface area (Å²) in [5.41, 5.74) is 3.59. The fourth-order valence-electron chi connectivity index (χ4n) is 4.54. The second-order valence-corrected chi connectivity index (χ2v) is 11.2. The molecule has 1 aliphatic heterocycles. The maximum absolute atomic E-state index is 11.5. The van der Waals surface area contributed by atoms with Crippen LogP contribution in [0.3, 0.4) is 0 Å². The lowest BCUT2D eigenvalue weighted by atomic mass is 10.0. The van der Waals surface area contributed by atoms with E-state index in [0.717, 1.165) is 11.1 Å². The van der Waals surface area contributed by atoms with Crippen molar-refractivity contribution in [2.45, 2.75) is 27.2 Å². The Labute approximate surface area is 292 Å². The number of aromatic hydroxyl groups is 1. The van der Waals surface area contributed by atoms with Crippen molar-refractivity contribution in [3.05, 3.63) is 135 Å². The maximum Gasteiger partial charge on any atom is 0.340 e. The van der Waals surface area contributed by atoms with Crippen molar-refractivity contribution < 1.29 is 38.9 Å². The van der Waals surface area contributed by atoms with Gasteiger partial charge in [-0.25, -0.2) is 9.78 Å². The number of anilines is 1. The van der Waals surface area contributed by atoms with E-state index in [1.165, 1.54) is 6.92 Å². The molecule has 10 nitrogen and oxygen atoms in total. The number of amides is 1. The minimum Gasteiger partial charge on any atom is -0.505 e. The van der Waals surface area contributed by atoms with Crippen molar-refractivity contribution in [1.82, 2.24) is 4.98 Å². The van der Waals surface area contributed by atoms with E-state index in [1.807, 2.05) is 12.1 Å². The van der Waals surface area contributed by atoms with Crippen molar-refractivity contribution >= 4 is 69.2 Å². The van der Waals surface area contributed by atoms with Crippen LogP contribution in [-0.4, -0.2) is 51.2 Å². The molecule has 2 heterocycles. The Kier molecular flexibility index (Phi) is 13.6. The van der Waals surface area contributed by atoms with Crippen molar-refractivity contribution in [3.8, 4) is 5.75 Å². The molecule has 1 aromatic heterocycles. The molecule has 0 aliphatic carbocycles. The SMILES string of the molecule is C.CC(=O)OCC(=O)Cc1ccc(Cl)cc1.O=C(O)c1c(O)c(Cc2ccc(Cl)cc2)nc2ccccc12.O=C1Nc2ccccc2C1=O. The third kappa shape index (κ3) is 10.5. The largest absolute Gasteiger partial charge is 0.505 e. The van der Waals surface area contributed by atoms with E-state index in [-0.39, 0.29) is 37.6 Å². The summed E-state index contributed by atoms with van der Waals surface area (Å²) in [5, 5.41) is 23.8. The van der Waals surface area contributed by atoms with E-state index in [0.29, 0.717) is 44.3 Å². The highest BCUT2D eigenvalue weighted by Gasteiger charge is 2.26. The predicted octanol–water partition coefficient (Wildman–Crippen LogP) is 7.36. The van der Waals surface area contributed by atoms with Gasteiger partial charge in [0.05, 0.1) is 22.5 Å². The van der Waals surface area contributed by atoms with Crippen LogP contribution in [0.15, 0.2) is 97.1 Å². The Morgan fingerprint density at radius 2 is 1.39 bits per heavy atom. The van der Waals surface area contributed by atoms with Gasteiger partial charge in [0.1, 0.15) is 12.2 Å². The summed E-state index contributed by atoms with van der Waals surface area (Å²) in [5.74, 6) is -3.02. The number of esters is 1. The molecule has 4 aromatic carbocycles. The molecule has 12 heteroatoms. The molecule has 0 unspecified atom stereocenters. The van der Waals surface area contributed by atoms with Gasteiger partial charge in [-0.05, 0) is 53.6 Å². The van der Waals surface area contributed by atoms with Crippen molar-refractivity contribution in [1.29, 1.82) is 0 Å². The van der Waals surface area contributed by atoms with Crippen molar-refractivity contribution in [3.63, 3.8) is 0 Å². The van der Waals surface area contributed by atoms with Gasteiger partial charge in [0.2, 0.25) is 0 Å². The highest BCUT2D eigenvalue weighted by Crippen LogP contribution is 2.30. The Morgan fingerprint density at radius 1 is 0.816 bits per heavy atom. The number of aromatic carboxylic acids is 1. The first-order valence-corrected chi connectivity index (χ1v) is 15.1. The highest BCUT2D eigenvalue weighted by atomic mass is 35.5. The number of nitrogens with one attached hydrogen (secondary N) is 1. The molecule has 0 saturated carbocycles. The smallest absolute Gasteiger partial charge is 0.340 e. The van der Waals surface area contributed by atoms with Crippen LogP contribution in [0, 0.1) is 0 Å². The number of fused-ring (bicyclic) bond motifs is 2.